The molecule has 0 bridgehead atoms. The third-order valence-corrected chi connectivity index (χ3v) is 9.36. The average Bonchev–Trinajstić information content (AvgIpc) is 3.58. The minimum absolute atomic E-state index is 0.303. The van der Waals surface area contributed by atoms with Crippen LogP contribution < -0.4 is 9.47 Å². The molecular formula is C39H59ClO7. The molecule has 4 rings (SSSR count). The number of halogens is 1. The van der Waals surface area contributed by atoms with Crippen LogP contribution in [0.5, 0.6) is 11.5 Å². The van der Waals surface area contributed by atoms with E-state index < -0.39 is 6.10 Å². The molecule has 0 aliphatic carbocycles. The highest BCUT2D eigenvalue weighted by Crippen LogP contribution is 2.46. The van der Waals surface area contributed by atoms with Crippen molar-refractivity contribution in [1.29, 1.82) is 0 Å². The van der Waals surface area contributed by atoms with Gasteiger partial charge in [0.05, 0.1) is 24.8 Å². The predicted molar refractivity (Wildman–Crippen MR) is 188 cm³/mol. The molecular weight excluding hydrogens is 616 g/mol. The molecule has 0 amide bonds. The molecule has 0 radical (unpaired) electrons. The fraction of sp³-hybridized carbons (Fsp3) is 0.692. The minimum atomic E-state index is -0.393. The molecule has 1 fully saturated rings. The van der Waals surface area contributed by atoms with Crippen LogP contribution in [0.2, 0.25) is 5.02 Å². The van der Waals surface area contributed by atoms with Crippen LogP contribution in [0.1, 0.15) is 114 Å². The topological polar surface area (TPSA) is 64.6 Å². The van der Waals surface area contributed by atoms with Gasteiger partial charge in [0.2, 0.25) is 0 Å². The highest BCUT2D eigenvalue weighted by Gasteiger charge is 2.49. The maximum absolute atomic E-state index is 7.12. The molecule has 0 unspecified atom stereocenters. The second-order valence-electron chi connectivity index (χ2n) is 12.7. The van der Waals surface area contributed by atoms with Crippen LogP contribution in [0.15, 0.2) is 30.3 Å². The smallest absolute Gasteiger partial charge is 0.141 e. The number of benzene rings is 2. The van der Waals surface area contributed by atoms with E-state index in [-0.39, 0.29) is 24.4 Å². The van der Waals surface area contributed by atoms with E-state index >= 15 is 0 Å². The summed E-state index contributed by atoms with van der Waals surface area (Å²) in [5.41, 5.74) is 4.32. The summed E-state index contributed by atoms with van der Waals surface area (Å²) in [7, 11) is 0. The molecule has 0 aromatic heterocycles. The van der Waals surface area contributed by atoms with Crippen molar-refractivity contribution >= 4 is 11.6 Å². The lowest BCUT2D eigenvalue weighted by atomic mass is 9.86. The van der Waals surface area contributed by atoms with Gasteiger partial charge in [0.15, 0.2) is 0 Å². The summed E-state index contributed by atoms with van der Waals surface area (Å²) in [6.45, 7) is 15.0. The largest absolute Gasteiger partial charge is 0.494 e. The molecule has 2 aliphatic rings. The first-order valence-electron chi connectivity index (χ1n) is 18.3. The van der Waals surface area contributed by atoms with Crippen LogP contribution in [-0.4, -0.2) is 70.7 Å². The number of fused-ring (bicyclic) bond motifs is 1. The van der Waals surface area contributed by atoms with E-state index in [1.807, 2.05) is 19.1 Å². The summed E-state index contributed by atoms with van der Waals surface area (Å²) >= 11 is 7.08. The first-order valence-corrected chi connectivity index (χ1v) is 18.7. The van der Waals surface area contributed by atoms with E-state index in [0.717, 1.165) is 91.5 Å². The lowest BCUT2D eigenvalue weighted by molar-refractivity contribution is -0.268. The van der Waals surface area contributed by atoms with Gasteiger partial charge in [-0.3, -0.25) is 0 Å². The Balaban J connectivity index is 1.75. The van der Waals surface area contributed by atoms with Crippen molar-refractivity contribution in [3.8, 4) is 11.5 Å². The monoisotopic (exact) mass is 674 g/mol. The molecule has 264 valence electrons. The fourth-order valence-corrected chi connectivity index (χ4v) is 6.58. The zero-order valence-electron chi connectivity index (χ0n) is 29.5. The zero-order valence-corrected chi connectivity index (χ0v) is 30.3. The molecule has 2 aromatic rings. The lowest BCUT2D eigenvalue weighted by Gasteiger charge is -2.47. The minimum Gasteiger partial charge on any atom is -0.494 e. The molecule has 2 aromatic carbocycles. The SMILES string of the molecule is CCCCOC[C@H]1O[C@@H](c2cc(Cc3ccc(OCC)cc3)c(Cl)c3c2CCO3)[C@H](OCCCC)[C@@H](OCCCC)[C@@H]1OCCCC. The fourth-order valence-electron chi connectivity index (χ4n) is 6.29. The number of unbranched alkanes of at least 4 members (excludes halogenated alkanes) is 4. The molecule has 2 aliphatic heterocycles. The second kappa shape index (κ2) is 20.6. The summed E-state index contributed by atoms with van der Waals surface area (Å²) in [6.07, 6.45) is 7.89. The summed E-state index contributed by atoms with van der Waals surface area (Å²) in [5, 5.41) is 0.672. The predicted octanol–water partition coefficient (Wildman–Crippen LogP) is 9.08. The van der Waals surface area contributed by atoms with Crippen molar-refractivity contribution in [2.24, 2.45) is 0 Å². The van der Waals surface area contributed by atoms with Crippen LogP contribution in [0, 0.1) is 0 Å². The van der Waals surface area contributed by atoms with E-state index in [0.29, 0.717) is 57.7 Å². The van der Waals surface area contributed by atoms with E-state index in [4.69, 9.17) is 44.8 Å². The van der Waals surface area contributed by atoms with Crippen molar-refractivity contribution < 1.29 is 33.2 Å². The Morgan fingerprint density at radius 1 is 0.766 bits per heavy atom. The Morgan fingerprint density at radius 2 is 1.38 bits per heavy atom. The normalized spacial score (nSPS) is 22.3. The third kappa shape index (κ3) is 10.6. The van der Waals surface area contributed by atoms with Gasteiger partial charge in [-0.15, -0.1) is 0 Å². The van der Waals surface area contributed by atoms with Crippen molar-refractivity contribution in [2.75, 3.05) is 46.2 Å². The van der Waals surface area contributed by atoms with Gasteiger partial charge in [0, 0.05) is 38.4 Å². The quantitative estimate of drug-likeness (QED) is 0.115. The lowest BCUT2D eigenvalue weighted by Crippen LogP contribution is -2.58. The van der Waals surface area contributed by atoms with Gasteiger partial charge in [0.1, 0.15) is 42.0 Å². The summed E-state index contributed by atoms with van der Waals surface area (Å²) < 4.78 is 45.4. The molecule has 0 saturated carbocycles. The summed E-state index contributed by atoms with van der Waals surface area (Å²) in [4.78, 5) is 0. The maximum Gasteiger partial charge on any atom is 0.141 e. The Hall–Kier alpha value is -1.87. The van der Waals surface area contributed by atoms with Gasteiger partial charge in [-0.2, -0.15) is 0 Å². The first kappa shape index (κ1) is 37.9. The van der Waals surface area contributed by atoms with Crippen LogP contribution in [0.25, 0.3) is 0 Å². The van der Waals surface area contributed by atoms with Crippen LogP contribution in [-0.2, 0) is 36.5 Å². The van der Waals surface area contributed by atoms with Crippen molar-refractivity contribution in [3.63, 3.8) is 0 Å². The molecule has 5 atom stereocenters. The van der Waals surface area contributed by atoms with Crippen LogP contribution >= 0.6 is 11.6 Å². The molecule has 0 N–H and O–H groups in total. The van der Waals surface area contributed by atoms with E-state index in [1.165, 1.54) is 0 Å². The molecule has 0 spiro atoms. The highest BCUT2D eigenvalue weighted by atomic mass is 35.5. The Labute approximate surface area is 288 Å². The van der Waals surface area contributed by atoms with E-state index in [1.54, 1.807) is 0 Å². The van der Waals surface area contributed by atoms with Crippen LogP contribution in [0.4, 0.5) is 0 Å². The number of hydrogen-bond donors (Lipinski definition) is 0. The van der Waals surface area contributed by atoms with Gasteiger partial charge in [-0.1, -0.05) is 83.2 Å². The third-order valence-electron chi connectivity index (χ3n) is 8.95. The van der Waals surface area contributed by atoms with Gasteiger partial charge in [-0.05, 0) is 67.9 Å². The second-order valence-corrected chi connectivity index (χ2v) is 13.1. The van der Waals surface area contributed by atoms with Crippen molar-refractivity contribution in [3.05, 3.63) is 57.6 Å². The van der Waals surface area contributed by atoms with Crippen molar-refractivity contribution in [2.45, 2.75) is 129 Å². The van der Waals surface area contributed by atoms with Gasteiger partial charge in [0.25, 0.3) is 0 Å². The number of hydrogen-bond acceptors (Lipinski definition) is 7. The van der Waals surface area contributed by atoms with E-state index in [2.05, 4.69) is 45.9 Å². The van der Waals surface area contributed by atoms with Gasteiger partial charge < -0.3 is 33.2 Å². The first-order chi connectivity index (χ1) is 23.1. The Kier molecular flexibility index (Phi) is 16.6. The molecule has 8 heteroatoms. The molecule has 7 nitrogen and oxygen atoms in total. The number of rotatable bonds is 22. The Bertz CT molecular complexity index is 1170. The summed E-state index contributed by atoms with van der Waals surface area (Å²) in [6, 6.07) is 10.5. The van der Waals surface area contributed by atoms with Gasteiger partial charge in [-0.25, -0.2) is 0 Å². The molecule has 1 saturated heterocycles. The summed E-state index contributed by atoms with van der Waals surface area (Å²) in [5.74, 6) is 1.63. The van der Waals surface area contributed by atoms with E-state index in [9.17, 15) is 0 Å². The van der Waals surface area contributed by atoms with Crippen molar-refractivity contribution in [1.82, 2.24) is 0 Å². The maximum atomic E-state index is 7.12. The Morgan fingerprint density at radius 3 is 2.02 bits per heavy atom. The van der Waals surface area contributed by atoms with Gasteiger partial charge >= 0.3 is 0 Å². The zero-order chi connectivity index (χ0) is 33.4. The molecule has 47 heavy (non-hydrogen) atoms. The highest BCUT2D eigenvalue weighted by molar-refractivity contribution is 6.33. The standard InChI is InChI=1S/C39H59ClO7/c1-6-11-20-41-27-33-37(43-21-12-7-2)39(45-23-14-9-4)38(44-22-13-8-3)36(47-33)32-26-29(34(40)35-31(32)19-24-46-35)25-28-15-17-30(18-16-28)42-10-5/h15-18,26,33,36-39H,6-14,19-25,27H2,1-5H3/t33-,36+,37-,38+,39+/m1/s1. The number of ether oxygens (including phenoxy) is 7. The van der Waals surface area contributed by atoms with Crippen LogP contribution in [0.3, 0.4) is 0 Å². The molecule has 2 heterocycles. The average molecular weight is 675 g/mol.